The maximum Gasteiger partial charge on any atom is 0.258 e. The van der Waals surface area contributed by atoms with Gasteiger partial charge < -0.3 is 19.4 Å². The highest BCUT2D eigenvalue weighted by Gasteiger charge is 2.19. The number of aryl methyl sites for hydroxylation is 1. The van der Waals surface area contributed by atoms with Crippen molar-refractivity contribution in [3.05, 3.63) is 69.6 Å². The summed E-state index contributed by atoms with van der Waals surface area (Å²) in [6.45, 7) is 5.90. The van der Waals surface area contributed by atoms with E-state index in [9.17, 15) is 9.59 Å². The van der Waals surface area contributed by atoms with Gasteiger partial charge in [-0.25, -0.2) is 0 Å². The molecule has 0 aliphatic carbocycles. The number of methoxy groups -OCH3 is 2. The van der Waals surface area contributed by atoms with Gasteiger partial charge in [0, 0.05) is 31.2 Å². The normalized spacial score (nSPS) is 13.9. The van der Waals surface area contributed by atoms with Crippen LogP contribution < -0.4 is 20.3 Å². The SMILES string of the molecule is CCn1cc(C(=O)NCc2ccccc2CN2CCCC2)c2cc(OC)c(OC)cc2c1=O. The van der Waals surface area contributed by atoms with Crippen LogP contribution in [0.25, 0.3) is 10.8 Å². The molecule has 1 aromatic heterocycles. The van der Waals surface area contributed by atoms with Gasteiger partial charge in [0.25, 0.3) is 11.5 Å². The molecule has 2 heterocycles. The van der Waals surface area contributed by atoms with Gasteiger partial charge in [-0.2, -0.15) is 0 Å². The van der Waals surface area contributed by atoms with E-state index >= 15 is 0 Å². The van der Waals surface area contributed by atoms with Gasteiger partial charge >= 0.3 is 0 Å². The summed E-state index contributed by atoms with van der Waals surface area (Å²) in [6, 6.07) is 11.6. The number of nitrogens with one attached hydrogen (secondary N) is 1. The molecule has 3 aromatic rings. The third kappa shape index (κ3) is 4.73. The molecule has 0 bridgehead atoms. The van der Waals surface area contributed by atoms with Crippen molar-refractivity contribution in [2.75, 3.05) is 27.3 Å². The summed E-state index contributed by atoms with van der Waals surface area (Å²) in [5.41, 5.74) is 2.60. The van der Waals surface area contributed by atoms with Crippen molar-refractivity contribution in [3.8, 4) is 11.5 Å². The number of ether oxygens (including phenoxy) is 2. The maximum absolute atomic E-state index is 13.3. The second-order valence-corrected chi connectivity index (χ2v) is 8.32. The van der Waals surface area contributed by atoms with E-state index in [1.165, 1.54) is 32.6 Å². The van der Waals surface area contributed by atoms with Gasteiger partial charge in [-0.15, -0.1) is 0 Å². The standard InChI is InChI=1S/C26H31N3O4/c1-4-29-17-22(20-13-23(32-2)24(33-3)14-21(20)26(29)31)25(30)27-15-18-9-5-6-10-19(18)16-28-11-7-8-12-28/h5-6,9-10,13-14,17H,4,7-8,11-12,15-16H2,1-3H3,(H,27,30). The van der Waals surface area contributed by atoms with Crippen LogP contribution in [-0.2, 0) is 19.6 Å². The average Bonchev–Trinajstić information content (AvgIpc) is 3.36. The summed E-state index contributed by atoms with van der Waals surface area (Å²) < 4.78 is 12.3. The Morgan fingerprint density at radius 2 is 1.64 bits per heavy atom. The van der Waals surface area contributed by atoms with Crippen LogP contribution in [-0.4, -0.2) is 42.7 Å². The summed E-state index contributed by atoms with van der Waals surface area (Å²) >= 11 is 0. The zero-order valence-electron chi connectivity index (χ0n) is 19.5. The Bertz CT molecular complexity index is 1210. The first-order valence-corrected chi connectivity index (χ1v) is 11.4. The molecule has 1 N–H and O–H groups in total. The molecule has 1 amide bonds. The molecule has 0 radical (unpaired) electrons. The topological polar surface area (TPSA) is 72.8 Å². The zero-order valence-corrected chi connectivity index (χ0v) is 19.5. The van der Waals surface area contributed by atoms with Crippen molar-refractivity contribution in [1.82, 2.24) is 14.8 Å². The smallest absolute Gasteiger partial charge is 0.258 e. The first-order valence-electron chi connectivity index (χ1n) is 11.4. The fourth-order valence-corrected chi connectivity index (χ4v) is 4.47. The zero-order chi connectivity index (χ0) is 23.4. The predicted octanol–water partition coefficient (Wildman–Crippen LogP) is 3.56. The van der Waals surface area contributed by atoms with Crippen molar-refractivity contribution >= 4 is 16.7 Å². The lowest BCUT2D eigenvalue weighted by molar-refractivity contribution is 0.0951. The van der Waals surface area contributed by atoms with E-state index < -0.39 is 0 Å². The Morgan fingerprint density at radius 3 is 2.27 bits per heavy atom. The van der Waals surface area contributed by atoms with Crippen molar-refractivity contribution < 1.29 is 14.3 Å². The quantitative estimate of drug-likeness (QED) is 0.569. The van der Waals surface area contributed by atoms with Crippen LogP contribution in [0.3, 0.4) is 0 Å². The van der Waals surface area contributed by atoms with Gasteiger partial charge in [0.1, 0.15) is 0 Å². The molecular formula is C26H31N3O4. The van der Waals surface area contributed by atoms with Crippen molar-refractivity contribution in [1.29, 1.82) is 0 Å². The number of nitrogens with zero attached hydrogens (tertiary/aromatic N) is 2. The summed E-state index contributed by atoms with van der Waals surface area (Å²) in [5.74, 6) is 0.701. The molecule has 0 unspecified atom stereocenters. The van der Waals surface area contributed by atoms with Gasteiger partial charge in [0.15, 0.2) is 11.5 Å². The second-order valence-electron chi connectivity index (χ2n) is 8.32. The Hall–Kier alpha value is -3.32. The third-order valence-electron chi connectivity index (χ3n) is 6.33. The lowest BCUT2D eigenvalue weighted by atomic mass is 10.0. The van der Waals surface area contributed by atoms with Gasteiger partial charge in [0.05, 0.1) is 25.2 Å². The van der Waals surface area contributed by atoms with E-state index in [2.05, 4.69) is 22.3 Å². The van der Waals surface area contributed by atoms with Gasteiger partial charge in [-0.3, -0.25) is 14.5 Å². The molecule has 33 heavy (non-hydrogen) atoms. The number of fused-ring (bicyclic) bond motifs is 1. The van der Waals surface area contributed by atoms with Gasteiger partial charge in [-0.05, 0) is 56.1 Å². The molecule has 1 fully saturated rings. The molecular weight excluding hydrogens is 418 g/mol. The maximum atomic E-state index is 13.3. The molecule has 7 nitrogen and oxygen atoms in total. The Labute approximate surface area is 193 Å². The van der Waals surface area contributed by atoms with Gasteiger partial charge in [0.2, 0.25) is 0 Å². The highest BCUT2D eigenvalue weighted by molar-refractivity contribution is 6.07. The summed E-state index contributed by atoms with van der Waals surface area (Å²) in [5, 5.41) is 4.04. The van der Waals surface area contributed by atoms with Crippen LogP contribution in [0.4, 0.5) is 0 Å². The number of carbonyl (C=O) groups excluding carboxylic acids is 1. The summed E-state index contributed by atoms with van der Waals surface area (Å²) in [7, 11) is 3.06. The largest absolute Gasteiger partial charge is 0.493 e. The number of pyridine rings is 1. The molecule has 4 rings (SSSR count). The number of hydrogen-bond acceptors (Lipinski definition) is 5. The van der Waals surface area contributed by atoms with E-state index in [0.717, 1.165) is 25.2 Å². The number of benzene rings is 2. The van der Waals surface area contributed by atoms with Crippen molar-refractivity contribution in [2.24, 2.45) is 0 Å². The lowest BCUT2D eigenvalue weighted by Gasteiger charge is -2.18. The molecule has 7 heteroatoms. The number of likely N-dealkylation sites (tertiary alicyclic amines) is 1. The van der Waals surface area contributed by atoms with Crippen LogP contribution in [0.5, 0.6) is 11.5 Å². The number of carbonyl (C=O) groups is 1. The van der Waals surface area contributed by atoms with Gasteiger partial charge in [-0.1, -0.05) is 24.3 Å². The van der Waals surface area contributed by atoms with E-state index in [4.69, 9.17) is 9.47 Å². The number of rotatable bonds is 8. The van der Waals surface area contributed by atoms with E-state index in [1.807, 2.05) is 19.1 Å². The van der Waals surface area contributed by atoms with Crippen LogP contribution in [0, 0.1) is 0 Å². The molecule has 1 aliphatic heterocycles. The first-order chi connectivity index (χ1) is 16.0. The Kier molecular flexibility index (Phi) is 6.99. The minimum Gasteiger partial charge on any atom is -0.493 e. The fourth-order valence-electron chi connectivity index (χ4n) is 4.47. The highest BCUT2D eigenvalue weighted by Crippen LogP contribution is 2.32. The van der Waals surface area contributed by atoms with Crippen molar-refractivity contribution in [2.45, 2.75) is 39.4 Å². The van der Waals surface area contributed by atoms with Crippen LogP contribution in [0.2, 0.25) is 0 Å². The molecule has 0 spiro atoms. The molecule has 174 valence electrons. The highest BCUT2D eigenvalue weighted by atomic mass is 16.5. The van der Waals surface area contributed by atoms with Crippen LogP contribution in [0.15, 0.2) is 47.4 Å². The lowest BCUT2D eigenvalue weighted by Crippen LogP contribution is -2.28. The second kappa shape index (κ2) is 10.1. The monoisotopic (exact) mass is 449 g/mol. The number of hydrogen-bond donors (Lipinski definition) is 1. The summed E-state index contributed by atoms with van der Waals surface area (Å²) in [4.78, 5) is 28.7. The average molecular weight is 450 g/mol. The number of aromatic nitrogens is 1. The Morgan fingerprint density at radius 1 is 1.00 bits per heavy atom. The Balaban J connectivity index is 1.65. The van der Waals surface area contributed by atoms with E-state index in [-0.39, 0.29) is 11.5 Å². The van der Waals surface area contributed by atoms with E-state index in [0.29, 0.717) is 40.9 Å². The first kappa shape index (κ1) is 22.9. The molecule has 1 aliphatic rings. The molecule has 2 aromatic carbocycles. The third-order valence-corrected chi connectivity index (χ3v) is 6.33. The molecule has 0 atom stereocenters. The van der Waals surface area contributed by atoms with Crippen molar-refractivity contribution in [3.63, 3.8) is 0 Å². The summed E-state index contributed by atoms with van der Waals surface area (Å²) in [6.07, 6.45) is 4.11. The molecule has 1 saturated heterocycles. The van der Waals surface area contributed by atoms with Crippen LogP contribution >= 0.6 is 0 Å². The minimum absolute atomic E-state index is 0.166. The minimum atomic E-state index is -0.231. The molecule has 0 saturated carbocycles. The predicted molar refractivity (Wildman–Crippen MR) is 129 cm³/mol. The fraction of sp³-hybridized carbons (Fsp3) is 0.385. The van der Waals surface area contributed by atoms with E-state index in [1.54, 1.807) is 22.9 Å². The van der Waals surface area contributed by atoms with Crippen LogP contribution in [0.1, 0.15) is 41.3 Å². The number of amides is 1.